The molecular formula is C27H33N5O7. The van der Waals surface area contributed by atoms with E-state index in [0.717, 1.165) is 0 Å². The van der Waals surface area contributed by atoms with Crippen LogP contribution in [0.5, 0.6) is 0 Å². The normalized spacial score (nSPS) is 17.3. The third kappa shape index (κ3) is 8.82. The molecule has 3 rings (SSSR count). The molecule has 12 nitrogen and oxygen atoms in total. The lowest BCUT2D eigenvalue weighted by Gasteiger charge is -2.39. The zero-order valence-corrected chi connectivity index (χ0v) is 21.7. The molecule has 39 heavy (non-hydrogen) atoms. The van der Waals surface area contributed by atoms with E-state index in [-0.39, 0.29) is 30.5 Å². The van der Waals surface area contributed by atoms with Gasteiger partial charge in [-0.25, -0.2) is 4.79 Å². The Morgan fingerprint density at radius 1 is 1.00 bits per heavy atom. The first-order valence-corrected chi connectivity index (χ1v) is 12.6. The van der Waals surface area contributed by atoms with E-state index in [1.807, 2.05) is 6.07 Å². The van der Waals surface area contributed by atoms with Crippen LogP contribution in [0.25, 0.3) is 0 Å². The molecule has 0 spiro atoms. The average Bonchev–Trinajstić information content (AvgIpc) is 2.95. The molecule has 0 radical (unpaired) electrons. The lowest BCUT2D eigenvalue weighted by atomic mass is 10.0. The van der Waals surface area contributed by atoms with Gasteiger partial charge in [0.25, 0.3) is 11.8 Å². The second-order valence-corrected chi connectivity index (χ2v) is 9.04. The van der Waals surface area contributed by atoms with Gasteiger partial charge in [0.15, 0.2) is 5.84 Å². The van der Waals surface area contributed by atoms with E-state index in [2.05, 4.69) is 20.7 Å². The van der Waals surface area contributed by atoms with E-state index in [0.29, 0.717) is 49.0 Å². The Balaban J connectivity index is 1.56. The third-order valence-corrected chi connectivity index (χ3v) is 6.16. The van der Waals surface area contributed by atoms with E-state index in [1.165, 1.54) is 31.2 Å². The Labute approximate surface area is 226 Å². The van der Waals surface area contributed by atoms with Crippen molar-refractivity contribution in [1.29, 1.82) is 0 Å². The highest BCUT2D eigenvalue weighted by molar-refractivity contribution is 5.99. The van der Waals surface area contributed by atoms with Crippen LogP contribution in [0.15, 0.2) is 59.8 Å². The fraction of sp³-hybridized carbons (Fsp3) is 0.370. The highest BCUT2D eigenvalue weighted by Gasteiger charge is 2.34. The largest absolute Gasteiger partial charge is 0.409 e. The maximum Gasteiger partial charge on any atom is 0.339 e. The number of hydrogen-bond donors (Lipinski definition) is 4. The van der Waals surface area contributed by atoms with Crippen molar-refractivity contribution in [1.82, 2.24) is 15.5 Å². The monoisotopic (exact) mass is 539 g/mol. The summed E-state index contributed by atoms with van der Waals surface area (Å²) in [5.41, 5.74) is 6.90. The highest BCUT2D eigenvalue weighted by atomic mass is 17.2. The maximum atomic E-state index is 13.1. The van der Waals surface area contributed by atoms with Crippen molar-refractivity contribution >= 4 is 29.5 Å². The minimum Gasteiger partial charge on any atom is -0.409 e. The minimum atomic E-state index is -0.694. The van der Waals surface area contributed by atoms with E-state index in [4.69, 9.17) is 15.8 Å². The molecule has 1 aliphatic rings. The molecule has 0 bridgehead atoms. The summed E-state index contributed by atoms with van der Waals surface area (Å²) in [6.07, 6.45) is 0.846. The average molecular weight is 540 g/mol. The first-order valence-electron chi connectivity index (χ1n) is 12.6. The molecule has 1 heterocycles. The van der Waals surface area contributed by atoms with Gasteiger partial charge in [-0.3, -0.25) is 19.3 Å². The third-order valence-electron chi connectivity index (χ3n) is 6.16. The van der Waals surface area contributed by atoms with Crippen LogP contribution in [-0.2, 0) is 19.4 Å². The molecule has 208 valence electrons. The van der Waals surface area contributed by atoms with Crippen LogP contribution in [0.1, 0.15) is 65.3 Å². The van der Waals surface area contributed by atoms with Crippen molar-refractivity contribution in [2.75, 3.05) is 13.1 Å². The van der Waals surface area contributed by atoms with Gasteiger partial charge in [-0.2, -0.15) is 4.89 Å². The van der Waals surface area contributed by atoms with E-state index in [9.17, 15) is 19.2 Å². The fourth-order valence-corrected chi connectivity index (χ4v) is 4.11. The first-order chi connectivity index (χ1) is 18.8. The number of hydrogen-bond acceptors (Lipinski definition) is 8. The Morgan fingerprint density at radius 3 is 2.33 bits per heavy atom. The Hall–Kier alpha value is -4.45. The molecule has 2 unspecified atom stereocenters. The standard InChI is InChI=1S/C27H33N5O7/c1-18(33)38-39-22-14-16-32(24(34)9-5-6-15-29-26(35)20-7-3-2-4-8-20)23(17-22)30-27(36)21-12-10-19(11-13-21)25(28)31-37/h2-4,7-8,10-13,22-23,37H,5-6,9,14-17H2,1H3,(H2,28,31)(H,29,35)(H,30,36). The maximum absolute atomic E-state index is 13.1. The van der Waals surface area contributed by atoms with Gasteiger partial charge < -0.3 is 26.5 Å². The molecule has 1 saturated heterocycles. The van der Waals surface area contributed by atoms with E-state index >= 15 is 0 Å². The van der Waals surface area contributed by atoms with Crippen LogP contribution < -0.4 is 16.4 Å². The van der Waals surface area contributed by atoms with E-state index < -0.39 is 24.1 Å². The highest BCUT2D eigenvalue weighted by Crippen LogP contribution is 2.21. The summed E-state index contributed by atoms with van der Waals surface area (Å²) in [5.74, 6) is -1.43. The van der Waals surface area contributed by atoms with Gasteiger partial charge >= 0.3 is 5.97 Å². The second kappa shape index (κ2) is 14.5. The van der Waals surface area contributed by atoms with Crippen molar-refractivity contribution in [2.24, 2.45) is 10.9 Å². The van der Waals surface area contributed by atoms with Gasteiger partial charge in [0.05, 0.1) is 0 Å². The summed E-state index contributed by atoms with van der Waals surface area (Å²) >= 11 is 0. The summed E-state index contributed by atoms with van der Waals surface area (Å²) < 4.78 is 0. The first kappa shape index (κ1) is 29.1. The van der Waals surface area contributed by atoms with Crippen molar-refractivity contribution < 1.29 is 34.2 Å². The molecular weight excluding hydrogens is 506 g/mol. The van der Waals surface area contributed by atoms with Crippen molar-refractivity contribution in [3.63, 3.8) is 0 Å². The number of nitrogens with zero attached hydrogens (tertiary/aromatic N) is 2. The van der Waals surface area contributed by atoms with Gasteiger partial charge in [-0.15, -0.1) is 0 Å². The smallest absolute Gasteiger partial charge is 0.339 e. The zero-order valence-electron chi connectivity index (χ0n) is 21.7. The molecule has 12 heteroatoms. The molecule has 0 saturated carbocycles. The molecule has 2 atom stereocenters. The lowest BCUT2D eigenvalue weighted by molar-refractivity contribution is -0.303. The Morgan fingerprint density at radius 2 is 1.67 bits per heavy atom. The molecule has 1 fully saturated rings. The number of piperidine rings is 1. The van der Waals surface area contributed by atoms with Crippen LogP contribution in [0.4, 0.5) is 0 Å². The Kier molecular flexibility index (Phi) is 10.8. The summed E-state index contributed by atoms with van der Waals surface area (Å²) in [4.78, 5) is 60.8. The predicted molar refractivity (Wildman–Crippen MR) is 140 cm³/mol. The van der Waals surface area contributed by atoms with Crippen LogP contribution in [0, 0.1) is 0 Å². The van der Waals surface area contributed by atoms with Crippen molar-refractivity contribution in [3.05, 3.63) is 71.3 Å². The summed E-state index contributed by atoms with van der Waals surface area (Å²) in [7, 11) is 0. The number of amides is 3. The quantitative estimate of drug-likeness (QED) is 0.0837. The van der Waals surface area contributed by atoms with Gasteiger partial charge in [0.2, 0.25) is 5.91 Å². The summed E-state index contributed by atoms with van der Waals surface area (Å²) in [5, 5.41) is 17.4. The Bertz CT molecular complexity index is 1170. The molecule has 2 aromatic rings. The van der Waals surface area contributed by atoms with Crippen molar-refractivity contribution in [2.45, 2.75) is 51.3 Å². The lowest BCUT2D eigenvalue weighted by Crippen LogP contribution is -2.56. The second-order valence-electron chi connectivity index (χ2n) is 9.04. The number of oxime groups is 1. The van der Waals surface area contributed by atoms with Crippen molar-refractivity contribution in [3.8, 4) is 0 Å². The predicted octanol–water partition coefficient (Wildman–Crippen LogP) is 1.92. The number of nitrogens with two attached hydrogens (primary N) is 1. The van der Waals surface area contributed by atoms with Gasteiger partial charge in [-0.1, -0.05) is 35.5 Å². The number of unbranched alkanes of at least 4 members (excludes halogenated alkanes) is 1. The number of benzene rings is 2. The fourth-order valence-electron chi connectivity index (χ4n) is 4.11. The molecule has 0 aromatic heterocycles. The number of carbonyl (C=O) groups is 4. The van der Waals surface area contributed by atoms with Gasteiger partial charge in [0, 0.05) is 49.5 Å². The van der Waals surface area contributed by atoms with Crippen LogP contribution in [0.2, 0.25) is 0 Å². The number of carbonyl (C=O) groups excluding carboxylic acids is 4. The summed E-state index contributed by atoms with van der Waals surface area (Å²) in [6.45, 7) is 1.95. The molecule has 2 aromatic carbocycles. The zero-order chi connectivity index (χ0) is 28.2. The van der Waals surface area contributed by atoms with Crippen LogP contribution in [0.3, 0.4) is 0 Å². The molecule has 1 aliphatic heterocycles. The topological polar surface area (TPSA) is 173 Å². The molecule has 0 aliphatic carbocycles. The SMILES string of the molecule is CC(=O)OOC1CCN(C(=O)CCCCNC(=O)c2ccccc2)C(NC(=O)c2ccc(/C(N)=N\O)cc2)C1. The minimum absolute atomic E-state index is 0.0869. The van der Waals surface area contributed by atoms with Gasteiger partial charge in [0.1, 0.15) is 12.3 Å². The number of nitrogens with one attached hydrogen (secondary N) is 2. The molecule has 3 amide bonds. The van der Waals surface area contributed by atoms with Gasteiger partial charge in [-0.05, 0) is 43.5 Å². The van der Waals surface area contributed by atoms with Crippen LogP contribution >= 0.6 is 0 Å². The number of amidine groups is 1. The number of likely N-dealkylation sites (tertiary alicyclic amines) is 1. The molecule has 5 N–H and O–H groups in total. The van der Waals surface area contributed by atoms with E-state index in [1.54, 1.807) is 29.2 Å². The van der Waals surface area contributed by atoms with Crippen LogP contribution in [-0.4, -0.2) is 65.0 Å². The summed E-state index contributed by atoms with van der Waals surface area (Å²) in [6, 6.07) is 15.0. The number of rotatable bonds is 11.